The fourth-order valence-electron chi connectivity index (χ4n) is 3.60. The van der Waals surface area contributed by atoms with Gasteiger partial charge in [0.25, 0.3) is 0 Å². The van der Waals surface area contributed by atoms with Crippen molar-refractivity contribution in [3.63, 3.8) is 0 Å². The Hall–Kier alpha value is -0.890. The van der Waals surface area contributed by atoms with Crippen LogP contribution in [0.2, 0.25) is 0 Å². The largest absolute Gasteiger partial charge is 0.377 e. The molecule has 1 fully saturated rings. The first-order chi connectivity index (χ1) is 11.8. The number of halogens is 2. The second kappa shape index (κ2) is 10.4. The Labute approximate surface area is 174 Å². The number of nitrogens with one attached hydrogen (secondary N) is 1. The summed E-state index contributed by atoms with van der Waals surface area (Å²) in [5.74, 6) is 1.08. The third-order valence-corrected chi connectivity index (χ3v) is 4.70. The summed E-state index contributed by atoms with van der Waals surface area (Å²) >= 11 is 0. The number of guanidine groups is 1. The van der Waals surface area contributed by atoms with E-state index in [0.717, 1.165) is 31.1 Å². The predicted octanol–water partition coefficient (Wildman–Crippen LogP) is 4.29. The van der Waals surface area contributed by atoms with Gasteiger partial charge in [0.15, 0.2) is 5.96 Å². The fraction of sp³-hybridized carbons (Fsp3) is 0.650. The van der Waals surface area contributed by atoms with Crippen LogP contribution >= 0.6 is 24.0 Å². The molecule has 1 N–H and O–H groups in total. The normalized spacial score (nSPS) is 21.1. The zero-order valence-electron chi connectivity index (χ0n) is 16.6. The number of hydrogen-bond acceptors (Lipinski definition) is 2. The molecule has 0 aromatic heterocycles. The van der Waals surface area contributed by atoms with Crippen molar-refractivity contribution < 1.29 is 9.13 Å². The molecule has 0 amide bonds. The van der Waals surface area contributed by atoms with Gasteiger partial charge in [0.05, 0.1) is 6.10 Å². The first kappa shape index (κ1) is 23.1. The summed E-state index contributed by atoms with van der Waals surface area (Å²) < 4.78 is 19.4. The molecule has 148 valence electrons. The first-order valence-electron chi connectivity index (χ1n) is 9.09. The Morgan fingerprint density at radius 2 is 2.12 bits per heavy atom. The summed E-state index contributed by atoms with van der Waals surface area (Å²) in [4.78, 5) is 6.39. The molecule has 0 saturated carbocycles. The highest BCUT2D eigenvalue weighted by atomic mass is 127. The molecular weight excluding hydrogens is 444 g/mol. The highest BCUT2D eigenvalue weighted by Gasteiger charge is 2.35. The molecule has 0 spiro atoms. The van der Waals surface area contributed by atoms with Gasteiger partial charge in [-0.25, -0.2) is 4.39 Å². The van der Waals surface area contributed by atoms with Crippen LogP contribution in [0.3, 0.4) is 0 Å². The molecule has 1 aromatic carbocycles. The van der Waals surface area contributed by atoms with Crippen molar-refractivity contribution in [3.05, 3.63) is 35.6 Å². The maximum Gasteiger partial charge on any atom is 0.193 e. The maximum atomic E-state index is 13.4. The highest BCUT2D eigenvalue weighted by Crippen LogP contribution is 2.33. The van der Waals surface area contributed by atoms with Crippen LogP contribution in [0, 0.1) is 17.2 Å². The Balaban J connectivity index is 0.00000338. The molecule has 4 nitrogen and oxygen atoms in total. The van der Waals surface area contributed by atoms with Gasteiger partial charge in [0.1, 0.15) is 5.82 Å². The number of hydrogen-bond donors (Lipinski definition) is 1. The van der Waals surface area contributed by atoms with Crippen molar-refractivity contribution in [3.8, 4) is 0 Å². The average Bonchev–Trinajstić information content (AvgIpc) is 2.55. The molecule has 2 atom stereocenters. The van der Waals surface area contributed by atoms with E-state index in [1.54, 1.807) is 19.2 Å². The van der Waals surface area contributed by atoms with E-state index in [0.29, 0.717) is 12.5 Å². The van der Waals surface area contributed by atoms with Gasteiger partial charge in [-0.2, -0.15) is 0 Å². The quantitative estimate of drug-likeness (QED) is 0.400. The lowest BCUT2D eigenvalue weighted by atomic mass is 9.78. The van der Waals surface area contributed by atoms with Gasteiger partial charge in [-0.15, -0.1) is 24.0 Å². The average molecular weight is 477 g/mol. The van der Waals surface area contributed by atoms with E-state index < -0.39 is 0 Å². The van der Waals surface area contributed by atoms with Crippen LogP contribution in [0.5, 0.6) is 0 Å². The van der Waals surface area contributed by atoms with Crippen LogP contribution in [0.4, 0.5) is 4.39 Å². The van der Waals surface area contributed by atoms with Crippen LogP contribution in [-0.4, -0.2) is 44.2 Å². The second-order valence-corrected chi connectivity index (χ2v) is 7.97. The van der Waals surface area contributed by atoms with Gasteiger partial charge in [0, 0.05) is 39.7 Å². The Kier molecular flexibility index (Phi) is 9.30. The minimum Gasteiger partial charge on any atom is -0.377 e. The van der Waals surface area contributed by atoms with Gasteiger partial charge >= 0.3 is 0 Å². The lowest BCUT2D eigenvalue weighted by Gasteiger charge is -2.40. The molecule has 1 heterocycles. The minimum atomic E-state index is -0.207. The second-order valence-electron chi connectivity index (χ2n) is 7.97. The van der Waals surface area contributed by atoms with Crippen LogP contribution in [0.25, 0.3) is 0 Å². The number of aliphatic imine (C=N–C) groups is 1. The molecule has 6 heteroatoms. The highest BCUT2D eigenvalue weighted by molar-refractivity contribution is 14.0. The zero-order chi connectivity index (χ0) is 18.4. The Morgan fingerprint density at radius 3 is 2.73 bits per heavy atom. The van der Waals surface area contributed by atoms with Gasteiger partial charge in [-0.05, 0) is 36.0 Å². The molecule has 1 aliphatic rings. The summed E-state index contributed by atoms with van der Waals surface area (Å²) in [5, 5.41) is 3.48. The van der Waals surface area contributed by atoms with Crippen molar-refractivity contribution in [2.45, 2.75) is 46.3 Å². The fourth-order valence-corrected chi connectivity index (χ4v) is 3.60. The predicted molar refractivity (Wildman–Crippen MR) is 117 cm³/mol. The molecule has 1 aliphatic heterocycles. The molecule has 26 heavy (non-hydrogen) atoms. The van der Waals surface area contributed by atoms with Crippen LogP contribution in [0.1, 0.15) is 39.2 Å². The standard InChI is InChI=1S/C20H32FN3O.HI/c1-20(2,3)18-16(9-7-11-25-18)13-23-19(22-4)24(5)14-15-8-6-10-17(21)12-15;/h6,8,10,12,16,18H,7,9,11,13-14H2,1-5H3,(H,22,23);1H. The molecule has 0 radical (unpaired) electrons. The van der Waals surface area contributed by atoms with E-state index in [4.69, 9.17) is 4.74 Å². The van der Waals surface area contributed by atoms with Gasteiger partial charge in [-0.1, -0.05) is 32.9 Å². The summed E-state index contributed by atoms with van der Waals surface area (Å²) in [7, 11) is 3.75. The van der Waals surface area contributed by atoms with Crippen molar-refractivity contribution in [1.82, 2.24) is 10.2 Å². The van der Waals surface area contributed by atoms with E-state index in [2.05, 4.69) is 31.1 Å². The van der Waals surface area contributed by atoms with Gasteiger partial charge < -0.3 is 15.0 Å². The molecule has 2 rings (SSSR count). The van der Waals surface area contributed by atoms with Crippen molar-refractivity contribution in [1.29, 1.82) is 0 Å². The Bertz CT molecular complexity index is 589. The third-order valence-electron chi connectivity index (χ3n) is 4.70. The monoisotopic (exact) mass is 477 g/mol. The molecule has 0 bridgehead atoms. The maximum absolute atomic E-state index is 13.4. The number of ether oxygens (including phenoxy) is 1. The topological polar surface area (TPSA) is 36.9 Å². The van der Waals surface area contributed by atoms with Gasteiger partial charge in [0.2, 0.25) is 0 Å². The van der Waals surface area contributed by atoms with E-state index >= 15 is 0 Å². The third kappa shape index (κ3) is 6.68. The number of nitrogens with zero attached hydrogens (tertiary/aromatic N) is 2. The molecule has 0 aliphatic carbocycles. The number of rotatable bonds is 4. The van der Waals surface area contributed by atoms with E-state index in [-0.39, 0.29) is 41.3 Å². The van der Waals surface area contributed by atoms with Gasteiger partial charge in [-0.3, -0.25) is 4.99 Å². The summed E-state index contributed by atoms with van der Waals surface area (Å²) in [5.41, 5.74) is 1.06. The molecule has 2 unspecified atom stereocenters. The SMILES string of the molecule is CN=C(NCC1CCCOC1C(C)(C)C)N(C)Cc1cccc(F)c1.I. The van der Waals surface area contributed by atoms with Crippen LogP contribution < -0.4 is 5.32 Å². The zero-order valence-corrected chi connectivity index (χ0v) is 18.9. The lowest BCUT2D eigenvalue weighted by molar-refractivity contribution is -0.0836. The van der Waals surface area contributed by atoms with E-state index in [9.17, 15) is 4.39 Å². The number of benzene rings is 1. The van der Waals surface area contributed by atoms with Crippen molar-refractivity contribution >= 4 is 29.9 Å². The Morgan fingerprint density at radius 1 is 1.38 bits per heavy atom. The van der Waals surface area contributed by atoms with Crippen molar-refractivity contribution in [2.24, 2.45) is 16.3 Å². The lowest BCUT2D eigenvalue weighted by Crippen LogP contribution is -2.47. The molecular formula is C20H33FIN3O. The molecule has 1 saturated heterocycles. The molecule has 1 aromatic rings. The van der Waals surface area contributed by atoms with E-state index in [1.807, 2.05) is 18.0 Å². The summed E-state index contributed by atoms with van der Waals surface area (Å²) in [6.07, 6.45) is 2.52. The smallest absolute Gasteiger partial charge is 0.193 e. The minimum absolute atomic E-state index is 0. The van der Waals surface area contributed by atoms with Crippen LogP contribution in [-0.2, 0) is 11.3 Å². The van der Waals surface area contributed by atoms with Crippen LogP contribution in [0.15, 0.2) is 29.3 Å². The van der Waals surface area contributed by atoms with E-state index in [1.165, 1.54) is 12.5 Å². The summed E-state index contributed by atoms with van der Waals surface area (Å²) in [6, 6.07) is 6.69. The first-order valence-corrected chi connectivity index (χ1v) is 9.09. The van der Waals surface area contributed by atoms with Crippen molar-refractivity contribution in [2.75, 3.05) is 27.2 Å². The summed E-state index contributed by atoms with van der Waals surface area (Å²) in [6.45, 7) is 9.01.